The highest BCUT2D eigenvalue weighted by molar-refractivity contribution is 6.79. The number of quaternary nitrogens is 1. The Kier molecular flexibility index (Phi) is 15.3. The first-order valence-electron chi connectivity index (χ1n) is 11.4. The van der Waals surface area contributed by atoms with E-state index in [1.165, 1.54) is 57.2 Å². The summed E-state index contributed by atoms with van der Waals surface area (Å²) in [6.45, 7) is 13.5. The van der Waals surface area contributed by atoms with Gasteiger partial charge in [0, 0.05) is 12.6 Å². The largest absolute Gasteiger partial charge is 0.273 e. The Hall–Kier alpha value is -0.565. The molecule has 0 saturated carbocycles. The van der Waals surface area contributed by atoms with E-state index < -0.39 is 0 Å². The summed E-state index contributed by atoms with van der Waals surface area (Å²) < 4.78 is 0. The second-order valence-corrected chi connectivity index (χ2v) is 8.23. The minimum atomic E-state index is -0.00722. The summed E-state index contributed by atoms with van der Waals surface area (Å²) in [5.41, 5.74) is 1.13. The molecule has 0 bridgehead atoms. The van der Waals surface area contributed by atoms with Gasteiger partial charge in [-0.15, -0.1) is 0 Å². The van der Waals surface area contributed by atoms with Crippen LogP contribution >= 0.6 is 0 Å². The Morgan fingerprint density at radius 3 is 1.36 bits per heavy atom. The molecule has 0 aromatic rings. The van der Waals surface area contributed by atoms with Gasteiger partial charge in [-0.2, -0.15) is 30.3 Å². The molecule has 25 heavy (non-hydrogen) atoms. The SMILES string of the molecule is CCC1=NC(C)=C[NH2+]1.CCCC[B-](CCCC)(CCCC)CCCC. The molecule has 0 radical (unpaired) electrons. The lowest BCUT2D eigenvalue weighted by molar-refractivity contribution is -0.460. The highest BCUT2D eigenvalue weighted by Crippen LogP contribution is 2.33. The van der Waals surface area contributed by atoms with Gasteiger partial charge < -0.3 is 0 Å². The molecule has 1 aliphatic heterocycles. The molecule has 0 unspecified atom stereocenters. The third kappa shape index (κ3) is 11.6. The van der Waals surface area contributed by atoms with Crippen LogP contribution in [0.5, 0.6) is 0 Å². The molecule has 0 atom stereocenters. The van der Waals surface area contributed by atoms with E-state index in [4.69, 9.17) is 0 Å². The lowest BCUT2D eigenvalue weighted by atomic mass is 9.17. The summed E-state index contributed by atoms with van der Waals surface area (Å²) in [4.78, 5) is 4.23. The summed E-state index contributed by atoms with van der Waals surface area (Å²) in [7, 11) is 0. The first-order valence-corrected chi connectivity index (χ1v) is 11.4. The molecule has 0 aliphatic carbocycles. The Labute approximate surface area is 159 Å². The standard InChI is InChI=1S/C16H36B.C6H10N2/c1-5-9-13-17(14-10-6-2,15-11-7-3)16-12-8-4;1-3-6-7-4-5(2)8-6/h5-16H2,1-4H3;4H,3H2,1-2H3,(H,7,8)/q-1;/p+1. The van der Waals surface area contributed by atoms with E-state index in [1.807, 2.05) is 13.1 Å². The molecule has 2 N–H and O–H groups in total. The zero-order valence-corrected chi connectivity index (χ0v) is 18.4. The zero-order valence-electron chi connectivity index (χ0n) is 18.4. The number of aliphatic imine (C=N–C) groups is 1. The highest BCUT2D eigenvalue weighted by atomic mass is 15.0. The van der Waals surface area contributed by atoms with Crippen molar-refractivity contribution in [1.82, 2.24) is 0 Å². The number of allylic oxidation sites excluding steroid dienone is 1. The second kappa shape index (κ2) is 15.7. The van der Waals surface area contributed by atoms with E-state index in [-0.39, 0.29) is 6.15 Å². The smallest absolute Gasteiger partial charge is 0.204 e. The molecule has 0 spiro atoms. The molecule has 1 heterocycles. The Balaban J connectivity index is 0.000000593. The number of unbranched alkanes of at least 4 members (excludes halogenated alkanes) is 4. The van der Waals surface area contributed by atoms with Crippen LogP contribution in [0.25, 0.3) is 0 Å². The van der Waals surface area contributed by atoms with Gasteiger partial charge in [0.15, 0.2) is 0 Å². The second-order valence-electron chi connectivity index (χ2n) is 8.23. The molecule has 1 rings (SSSR count). The first-order chi connectivity index (χ1) is 12.1. The van der Waals surface area contributed by atoms with Gasteiger partial charge in [-0.3, -0.25) is 5.32 Å². The van der Waals surface area contributed by atoms with E-state index in [0.29, 0.717) is 0 Å². The van der Waals surface area contributed by atoms with Crippen molar-refractivity contribution < 1.29 is 5.32 Å². The van der Waals surface area contributed by atoms with E-state index in [1.54, 1.807) is 25.3 Å². The third-order valence-electron chi connectivity index (χ3n) is 5.88. The van der Waals surface area contributed by atoms with Crippen molar-refractivity contribution in [1.29, 1.82) is 0 Å². The van der Waals surface area contributed by atoms with Crippen LogP contribution in [0.1, 0.15) is 99.3 Å². The maximum Gasteiger partial charge on any atom is 0.204 e. The molecular formula is C22H47BN2. The molecule has 3 heteroatoms. The van der Waals surface area contributed by atoms with E-state index >= 15 is 0 Å². The van der Waals surface area contributed by atoms with Crippen molar-refractivity contribution in [2.45, 2.75) is 125 Å². The maximum atomic E-state index is 4.23. The topological polar surface area (TPSA) is 29.0 Å². The fraction of sp³-hybridized carbons (Fsp3) is 0.864. The normalized spacial score (nSPS) is 14.0. The van der Waals surface area contributed by atoms with Crippen LogP contribution in [0.15, 0.2) is 16.9 Å². The van der Waals surface area contributed by atoms with E-state index in [9.17, 15) is 0 Å². The number of nitrogens with two attached hydrogens (primary N) is 1. The van der Waals surface area contributed by atoms with Gasteiger partial charge in [-0.25, -0.2) is 0 Å². The Morgan fingerprint density at radius 1 is 0.760 bits per heavy atom. The summed E-state index contributed by atoms with van der Waals surface area (Å²) in [5, 5.41) is 2.06. The molecule has 0 aromatic carbocycles. The van der Waals surface area contributed by atoms with Gasteiger partial charge in [0.25, 0.3) is 0 Å². The molecule has 0 saturated heterocycles. The minimum absolute atomic E-state index is 0.00722. The number of amidine groups is 1. The molecule has 0 amide bonds. The summed E-state index contributed by atoms with van der Waals surface area (Å²) in [6.07, 6.45) is 20.7. The van der Waals surface area contributed by atoms with Gasteiger partial charge in [-0.1, -0.05) is 86.0 Å². The van der Waals surface area contributed by atoms with Crippen molar-refractivity contribution in [3.63, 3.8) is 0 Å². The fourth-order valence-corrected chi connectivity index (χ4v) is 4.13. The highest BCUT2D eigenvalue weighted by Gasteiger charge is 2.22. The summed E-state index contributed by atoms with van der Waals surface area (Å²) >= 11 is 0. The molecule has 1 aliphatic rings. The van der Waals surface area contributed by atoms with Crippen LogP contribution in [0.3, 0.4) is 0 Å². The lowest BCUT2D eigenvalue weighted by Gasteiger charge is -2.40. The van der Waals surface area contributed by atoms with E-state index in [2.05, 4.69) is 44.9 Å². The molecule has 0 aromatic heterocycles. The van der Waals surface area contributed by atoms with E-state index in [0.717, 1.165) is 12.1 Å². The number of hydrogen-bond donors (Lipinski definition) is 1. The van der Waals surface area contributed by atoms with Crippen molar-refractivity contribution >= 4 is 12.0 Å². The number of nitrogens with zero attached hydrogens (tertiary/aromatic N) is 1. The lowest BCUT2D eigenvalue weighted by Crippen LogP contribution is -2.80. The van der Waals surface area contributed by atoms with Crippen molar-refractivity contribution in [2.24, 2.45) is 4.99 Å². The molecule has 148 valence electrons. The van der Waals surface area contributed by atoms with Crippen molar-refractivity contribution in [3.8, 4) is 0 Å². The molecule has 0 fully saturated rings. The predicted octanol–water partition coefficient (Wildman–Crippen LogP) is 6.87. The Bertz CT molecular complexity index is 337. The van der Waals surface area contributed by atoms with Gasteiger partial charge in [0.2, 0.25) is 5.84 Å². The van der Waals surface area contributed by atoms with Gasteiger partial charge >= 0.3 is 0 Å². The minimum Gasteiger partial charge on any atom is -0.273 e. The molecule has 2 nitrogen and oxygen atoms in total. The average molecular weight is 350 g/mol. The quantitative estimate of drug-likeness (QED) is 0.351. The zero-order chi connectivity index (χ0) is 19.0. The Morgan fingerprint density at radius 2 is 1.16 bits per heavy atom. The van der Waals surface area contributed by atoms with Gasteiger partial charge in [0.05, 0.1) is 5.70 Å². The summed E-state index contributed by atoms with van der Waals surface area (Å²) in [5.74, 6) is 1.20. The van der Waals surface area contributed by atoms with Crippen LogP contribution in [0, 0.1) is 0 Å². The van der Waals surface area contributed by atoms with Gasteiger partial charge in [0.1, 0.15) is 6.20 Å². The number of hydrogen-bond acceptors (Lipinski definition) is 1. The predicted molar refractivity (Wildman–Crippen MR) is 118 cm³/mol. The molecular weight excluding hydrogens is 303 g/mol. The maximum absolute atomic E-state index is 4.23. The van der Waals surface area contributed by atoms with Crippen LogP contribution < -0.4 is 5.32 Å². The van der Waals surface area contributed by atoms with Crippen LogP contribution in [0.2, 0.25) is 25.3 Å². The average Bonchev–Trinajstić information content (AvgIpc) is 3.06. The fourth-order valence-electron chi connectivity index (χ4n) is 4.13. The first kappa shape index (κ1) is 24.4. The monoisotopic (exact) mass is 350 g/mol. The van der Waals surface area contributed by atoms with Crippen LogP contribution in [0.4, 0.5) is 0 Å². The third-order valence-corrected chi connectivity index (χ3v) is 5.88. The van der Waals surface area contributed by atoms with Crippen LogP contribution in [-0.4, -0.2) is 12.0 Å². The van der Waals surface area contributed by atoms with Gasteiger partial charge in [-0.05, 0) is 6.92 Å². The summed E-state index contributed by atoms with van der Waals surface area (Å²) in [6, 6.07) is 0. The number of rotatable bonds is 13. The van der Waals surface area contributed by atoms with Crippen molar-refractivity contribution in [2.75, 3.05) is 0 Å². The van der Waals surface area contributed by atoms with Crippen molar-refractivity contribution in [3.05, 3.63) is 11.9 Å². The van der Waals surface area contributed by atoms with Crippen LogP contribution in [-0.2, 0) is 0 Å².